The number of carboxylic acid groups (broad SMARTS) is 1. The molecule has 1 atom stereocenters. The lowest BCUT2D eigenvalue weighted by molar-refractivity contribution is -0.131. The topological polar surface area (TPSA) is 151 Å². The highest BCUT2D eigenvalue weighted by Crippen LogP contribution is 2.23. The molecule has 208 valence electrons. The van der Waals surface area contributed by atoms with Gasteiger partial charge in [-0.3, -0.25) is 24.4 Å². The molecule has 39 heavy (non-hydrogen) atoms. The summed E-state index contributed by atoms with van der Waals surface area (Å²) in [5.74, 6) is 5.42. The molecule has 0 radical (unpaired) electrons. The van der Waals surface area contributed by atoms with Gasteiger partial charge in [0.15, 0.2) is 14.6 Å². The number of aryl methyl sites for hydroxylation is 1. The number of rotatable bonds is 7. The van der Waals surface area contributed by atoms with Gasteiger partial charge in [0.25, 0.3) is 12.4 Å². The Bertz CT molecular complexity index is 1450. The van der Waals surface area contributed by atoms with Crippen molar-refractivity contribution < 1.29 is 33.1 Å². The standard InChI is InChI=1S/C26H30N4O5S.CH2O2/c1-26(25(31)28-32,36(2,33)34)11-12-30-19-23-17-21(9-10-24(23)27-30)6-3-20-4-7-22(8-5-20)18-29-13-15-35-16-14-29;2-1-3/h4-5,7-10,17,19,32H,11-16,18H2,1-2H3,(H,28,31);1H,(H,2,3). The van der Waals surface area contributed by atoms with E-state index < -0.39 is 20.5 Å². The zero-order valence-electron chi connectivity index (χ0n) is 21.8. The lowest BCUT2D eigenvalue weighted by Crippen LogP contribution is -2.49. The third-order valence-corrected chi connectivity index (χ3v) is 8.61. The molecule has 12 heteroatoms. The lowest BCUT2D eigenvalue weighted by Gasteiger charge is -2.26. The van der Waals surface area contributed by atoms with Crippen molar-refractivity contribution in [2.45, 2.75) is 31.2 Å². The minimum absolute atomic E-state index is 0.0413. The normalized spacial score (nSPS) is 15.3. The minimum atomic E-state index is -3.77. The number of hydrogen-bond acceptors (Lipinski definition) is 8. The van der Waals surface area contributed by atoms with Crippen molar-refractivity contribution in [1.82, 2.24) is 20.2 Å². The summed E-state index contributed by atoms with van der Waals surface area (Å²) in [7, 11) is -3.77. The lowest BCUT2D eigenvalue weighted by atomic mass is 10.1. The SMILES string of the molecule is CC(CCn1cc2cc(C#Cc3ccc(CN4CCOCC4)cc3)ccc2n1)(C(=O)NO)S(C)(=O)=O.O=CO. The highest BCUT2D eigenvalue weighted by atomic mass is 32.2. The molecule has 1 fully saturated rings. The Morgan fingerprint density at radius 3 is 2.38 bits per heavy atom. The van der Waals surface area contributed by atoms with E-state index in [0.717, 1.165) is 61.1 Å². The van der Waals surface area contributed by atoms with Crippen molar-refractivity contribution in [3.05, 3.63) is 65.4 Å². The first kappa shape index (κ1) is 29.8. The number of carbonyl (C=O) groups is 2. The van der Waals surface area contributed by atoms with E-state index in [1.807, 2.05) is 30.3 Å². The average molecular weight is 557 g/mol. The Labute approximate surface area is 227 Å². The predicted molar refractivity (Wildman–Crippen MR) is 145 cm³/mol. The molecule has 1 unspecified atom stereocenters. The van der Waals surface area contributed by atoms with Crippen LogP contribution in [-0.4, -0.2) is 83.1 Å². The van der Waals surface area contributed by atoms with E-state index in [0.29, 0.717) is 0 Å². The molecule has 2 heterocycles. The van der Waals surface area contributed by atoms with Crippen molar-refractivity contribution in [2.75, 3.05) is 32.6 Å². The first-order valence-electron chi connectivity index (χ1n) is 12.2. The van der Waals surface area contributed by atoms with E-state index >= 15 is 0 Å². The number of benzene rings is 2. The van der Waals surface area contributed by atoms with Gasteiger partial charge in [-0.2, -0.15) is 5.10 Å². The molecule has 0 aliphatic carbocycles. The third-order valence-electron chi connectivity index (χ3n) is 6.59. The highest BCUT2D eigenvalue weighted by molar-refractivity contribution is 7.92. The van der Waals surface area contributed by atoms with Gasteiger partial charge in [0.2, 0.25) is 0 Å². The molecule has 0 saturated carbocycles. The predicted octanol–water partition coefficient (Wildman–Crippen LogP) is 1.67. The summed E-state index contributed by atoms with van der Waals surface area (Å²) in [6.45, 7) is 5.61. The second-order valence-corrected chi connectivity index (χ2v) is 11.7. The van der Waals surface area contributed by atoms with Crippen LogP contribution in [0.15, 0.2) is 48.7 Å². The summed E-state index contributed by atoms with van der Waals surface area (Å²) < 4.78 is 29.6. The Hall–Kier alpha value is -3.76. The van der Waals surface area contributed by atoms with Crippen molar-refractivity contribution in [3.63, 3.8) is 0 Å². The van der Waals surface area contributed by atoms with Gasteiger partial charge in [0.05, 0.1) is 18.7 Å². The molecule has 1 saturated heterocycles. The van der Waals surface area contributed by atoms with Crippen LogP contribution in [0.4, 0.5) is 0 Å². The molecule has 0 spiro atoms. The van der Waals surface area contributed by atoms with Gasteiger partial charge in [0.1, 0.15) is 0 Å². The fourth-order valence-corrected chi connectivity index (χ4v) is 4.88. The monoisotopic (exact) mass is 556 g/mol. The Kier molecular flexibility index (Phi) is 10.2. The van der Waals surface area contributed by atoms with Crippen molar-refractivity contribution >= 4 is 33.1 Å². The van der Waals surface area contributed by atoms with E-state index in [-0.39, 0.29) is 19.4 Å². The average Bonchev–Trinajstić information content (AvgIpc) is 3.33. The molecule has 1 aromatic heterocycles. The Balaban J connectivity index is 0.00000134. The molecular formula is C27H32N4O7S. The van der Waals surface area contributed by atoms with Gasteiger partial charge in [-0.1, -0.05) is 24.0 Å². The second-order valence-electron chi connectivity index (χ2n) is 9.30. The first-order valence-corrected chi connectivity index (χ1v) is 14.1. The van der Waals surface area contributed by atoms with E-state index in [9.17, 15) is 13.2 Å². The fraction of sp³-hybridized carbons (Fsp3) is 0.370. The quantitative estimate of drug-likeness (QED) is 0.171. The number of hydrogen-bond donors (Lipinski definition) is 3. The van der Waals surface area contributed by atoms with E-state index in [2.05, 4.69) is 34.0 Å². The number of amides is 1. The van der Waals surface area contributed by atoms with Crippen molar-refractivity contribution in [2.24, 2.45) is 0 Å². The number of fused-ring (bicyclic) bond motifs is 1. The number of nitrogens with one attached hydrogen (secondary N) is 1. The summed E-state index contributed by atoms with van der Waals surface area (Å²) in [6.07, 6.45) is 2.73. The number of nitrogens with zero attached hydrogens (tertiary/aromatic N) is 3. The maximum atomic E-state index is 12.2. The summed E-state index contributed by atoms with van der Waals surface area (Å²) >= 11 is 0. The number of hydroxylamine groups is 1. The van der Waals surface area contributed by atoms with Gasteiger partial charge in [0, 0.05) is 55.1 Å². The zero-order valence-corrected chi connectivity index (χ0v) is 22.6. The first-order chi connectivity index (χ1) is 18.6. The van der Waals surface area contributed by atoms with Crippen LogP contribution < -0.4 is 5.48 Å². The number of ether oxygens (including phenoxy) is 1. The zero-order chi connectivity index (χ0) is 28.5. The summed E-state index contributed by atoms with van der Waals surface area (Å²) in [4.78, 5) is 22.8. The number of sulfone groups is 1. The van der Waals surface area contributed by atoms with E-state index in [4.69, 9.17) is 19.8 Å². The van der Waals surface area contributed by atoms with E-state index in [1.54, 1.807) is 10.9 Å². The van der Waals surface area contributed by atoms with Gasteiger partial charge in [-0.05, 0) is 49.2 Å². The van der Waals surface area contributed by atoms with Crippen LogP contribution >= 0.6 is 0 Å². The van der Waals surface area contributed by atoms with Crippen LogP contribution in [0.2, 0.25) is 0 Å². The van der Waals surface area contributed by atoms with Crippen LogP contribution in [0.5, 0.6) is 0 Å². The molecule has 4 rings (SSSR count). The molecule has 11 nitrogen and oxygen atoms in total. The van der Waals surface area contributed by atoms with Crippen LogP contribution in [0.1, 0.15) is 30.0 Å². The molecule has 3 aromatic rings. The van der Waals surface area contributed by atoms with Crippen molar-refractivity contribution in [1.29, 1.82) is 0 Å². The van der Waals surface area contributed by atoms with Gasteiger partial charge < -0.3 is 9.84 Å². The number of carbonyl (C=O) groups excluding carboxylic acids is 1. The van der Waals surface area contributed by atoms with Crippen LogP contribution in [0.3, 0.4) is 0 Å². The van der Waals surface area contributed by atoms with Gasteiger partial charge >= 0.3 is 0 Å². The maximum Gasteiger partial charge on any atom is 0.290 e. The molecule has 0 bridgehead atoms. The van der Waals surface area contributed by atoms with Crippen LogP contribution in [0.25, 0.3) is 10.9 Å². The molecule has 1 aliphatic rings. The third kappa shape index (κ3) is 7.87. The summed E-state index contributed by atoms with van der Waals surface area (Å²) in [5, 5.41) is 21.2. The number of aromatic nitrogens is 2. The van der Waals surface area contributed by atoms with Gasteiger partial charge in [-0.25, -0.2) is 13.9 Å². The van der Waals surface area contributed by atoms with E-state index in [1.165, 1.54) is 18.0 Å². The molecule has 3 N–H and O–H groups in total. The maximum absolute atomic E-state index is 12.2. The second kappa shape index (κ2) is 13.3. The molecule has 1 aliphatic heterocycles. The number of morpholine rings is 1. The Morgan fingerprint density at radius 2 is 1.77 bits per heavy atom. The molecular weight excluding hydrogens is 524 g/mol. The highest BCUT2D eigenvalue weighted by Gasteiger charge is 2.43. The molecule has 1 amide bonds. The van der Waals surface area contributed by atoms with Crippen molar-refractivity contribution in [3.8, 4) is 11.8 Å². The fourth-order valence-electron chi connectivity index (χ4n) is 4.04. The van der Waals surface area contributed by atoms with Gasteiger partial charge in [-0.15, -0.1) is 0 Å². The minimum Gasteiger partial charge on any atom is -0.483 e. The summed E-state index contributed by atoms with van der Waals surface area (Å²) in [6, 6.07) is 13.9. The van der Waals surface area contributed by atoms with Crippen LogP contribution in [-0.2, 0) is 37.3 Å². The molecule has 2 aromatic carbocycles. The smallest absolute Gasteiger partial charge is 0.290 e. The van der Waals surface area contributed by atoms with Crippen LogP contribution in [0, 0.1) is 11.8 Å². The summed E-state index contributed by atoms with van der Waals surface area (Å²) in [5.41, 5.74) is 5.21. The largest absolute Gasteiger partial charge is 0.483 e. The Morgan fingerprint density at radius 1 is 1.15 bits per heavy atom.